The van der Waals surface area contributed by atoms with E-state index in [0.29, 0.717) is 11.5 Å². The second kappa shape index (κ2) is 9.59. The summed E-state index contributed by atoms with van der Waals surface area (Å²) in [5.74, 6) is 0.226. The van der Waals surface area contributed by atoms with E-state index in [0.717, 1.165) is 10.0 Å². The Kier molecular flexibility index (Phi) is 7.45. The molecule has 0 aliphatic carbocycles. The summed E-state index contributed by atoms with van der Waals surface area (Å²) in [5.41, 5.74) is 6.82. The number of halogens is 1. The summed E-state index contributed by atoms with van der Waals surface area (Å²) in [6.07, 6.45) is 0. The van der Waals surface area contributed by atoms with Crippen LogP contribution in [0, 0.1) is 6.92 Å². The summed E-state index contributed by atoms with van der Waals surface area (Å²) < 4.78 is 11.8. The molecule has 0 aromatic heterocycles. The van der Waals surface area contributed by atoms with Crippen LogP contribution >= 0.6 is 15.9 Å². The van der Waals surface area contributed by atoms with Crippen molar-refractivity contribution in [3.63, 3.8) is 0 Å². The fraction of sp³-hybridized carbons (Fsp3) is 0.333. The molecule has 0 bridgehead atoms. The predicted octanol–water partition coefficient (Wildman–Crippen LogP) is 3.66. The van der Waals surface area contributed by atoms with Crippen molar-refractivity contribution in [1.29, 1.82) is 0 Å². The van der Waals surface area contributed by atoms with Gasteiger partial charge in [-0.1, -0.05) is 48.8 Å². The van der Waals surface area contributed by atoms with Gasteiger partial charge in [-0.3, -0.25) is 20.4 Å². The van der Waals surface area contributed by atoms with Crippen molar-refractivity contribution in [3.8, 4) is 11.5 Å². The molecule has 0 aliphatic heterocycles. The highest BCUT2D eigenvalue weighted by Gasteiger charge is 2.13. The Balaban J connectivity index is 1.70. The maximum Gasteiger partial charge on any atom is 0.276 e. The molecule has 7 heteroatoms. The Morgan fingerprint density at radius 2 is 1.39 bits per heavy atom. The number of aryl methyl sites for hydroxylation is 1. The summed E-state index contributed by atoms with van der Waals surface area (Å²) in [5, 5.41) is 0. The molecule has 28 heavy (non-hydrogen) atoms. The van der Waals surface area contributed by atoms with Gasteiger partial charge in [-0.15, -0.1) is 0 Å². The molecule has 2 rings (SSSR count). The maximum absolute atomic E-state index is 11.8. The lowest BCUT2D eigenvalue weighted by Crippen LogP contribution is -2.45. The van der Waals surface area contributed by atoms with Gasteiger partial charge >= 0.3 is 0 Å². The third-order valence-corrected chi connectivity index (χ3v) is 4.82. The van der Waals surface area contributed by atoms with E-state index in [9.17, 15) is 9.59 Å². The third-order valence-electron chi connectivity index (χ3n) is 3.93. The van der Waals surface area contributed by atoms with Crippen molar-refractivity contribution in [2.45, 2.75) is 33.1 Å². The SMILES string of the molecule is Cc1cc(OCC(=O)NNC(=O)COc2ccc(C(C)(C)C)cc2)ccc1Br. The molecule has 150 valence electrons. The van der Waals surface area contributed by atoms with E-state index in [4.69, 9.17) is 9.47 Å². The van der Waals surface area contributed by atoms with Gasteiger partial charge in [0.2, 0.25) is 0 Å². The van der Waals surface area contributed by atoms with Gasteiger partial charge in [0.05, 0.1) is 0 Å². The van der Waals surface area contributed by atoms with Crippen molar-refractivity contribution in [2.75, 3.05) is 13.2 Å². The monoisotopic (exact) mass is 448 g/mol. The molecule has 6 nitrogen and oxygen atoms in total. The van der Waals surface area contributed by atoms with Gasteiger partial charge in [-0.25, -0.2) is 0 Å². The zero-order chi connectivity index (χ0) is 20.7. The lowest BCUT2D eigenvalue weighted by atomic mass is 9.87. The topological polar surface area (TPSA) is 76.7 Å². The van der Waals surface area contributed by atoms with Gasteiger partial charge in [0.25, 0.3) is 11.8 Å². The van der Waals surface area contributed by atoms with Gasteiger partial charge in [-0.05, 0) is 53.8 Å². The van der Waals surface area contributed by atoms with Crippen molar-refractivity contribution in [1.82, 2.24) is 10.9 Å². The van der Waals surface area contributed by atoms with Crippen LogP contribution in [0.2, 0.25) is 0 Å². The van der Waals surface area contributed by atoms with Crippen LogP contribution in [0.15, 0.2) is 46.9 Å². The zero-order valence-electron chi connectivity index (χ0n) is 16.5. The quantitative estimate of drug-likeness (QED) is 0.661. The summed E-state index contributed by atoms with van der Waals surface area (Å²) in [6.45, 7) is 7.88. The Morgan fingerprint density at radius 3 is 1.89 bits per heavy atom. The Hall–Kier alpha value is -2.54. The highest BCUT2D eigenvalue weighted by atomic mass is 79.9. The lowest BCUT2D eigenvalue weighted by molar-refractivity contribution is -0.131. The molecule has 0 aliphatic rings. The maximum atomic E-state index is 11.8. The zero-order valence-corrected chi connectivity index (χ0v) is 18.1. The summed E-state index contributed by atoms with van der Waals surface area (Å²) in [6, 6.07) is 13.0. The van der Waals surface area contributed by atoms with Gasteiger partial charge in [0.1, 0.15) is 11.5 Å². The number of carbonyl (C=O) groups is 2. The van der Waals surface area contributed by atoms with Gasteiger partial charge < -0.3 is 9.47 Å². The number of rotatable bonds is 6. The van der Waals surface area contributed by atoms with E-state index in [1.54, 1.807) is 6.07 Å². The number of carbonyl (C=O) groups excluding carboxylic acids is 2. The number of hydrogen-bond acceptors (Lipinski definition) is 4. The van der Waals surface area contributed by atoms with E-state index in [2.05, 4.69) is 47.6 Å². The molecule has 2 aromatic rings. The van der Waals surface area contributed by atoms with Crippen LogP contribution in [-0.4, -0.2) is 25.0 Å². The third kappa shape index (κ3) is 6.88. The van der Waals surface area contributed by atoms with Gasteiger partial charge in [0.15, 0.2) is 13.2 Å². The minimum Gasteiger partial charge on any atom is -0.484 e. The molecule has 0 spiro atoms. The fourth-order valence-corrected chi connectivity index (χ4v) is 2.51. The summed E-state index contributed by atoms with van der Waals surface area (Å²) in [4.78, 5) is 23.6. The number of nitrogens with one attached hydrogen (secondary N) is 2. The van der Waals surface area contributed by atoms with E-state index >= 15 is 0 Å². The Bertz CT molecular complexity index is 829. The highest BCUT2D eigenvalue weighted by molar-refractivity contribution is 9.10. The van der Waals surface area contributed by atoms with Crippen LogP contribution in [0.4, 0.5) is 0 Å². The van der Waals surface area contributed by atoms with Crippen molar-refractivity contribution in [3.05, 3.63) is 58.1 Å². The van der Waals surface area contributed by atoms with Crippen LogP contribution in [0.1, 0.15) is 31.9 Å². The number of ether oxygens (including phenoxy) is 2. The average molecular weight is 449 g/mol. The minimum absolute atomic E-state index is 0.0528. The number of hydrazine groups is 1. The van der Waals surface area contributed by atoms with Gasteiger partial charge in [-0.2, -0.15) is 0 Å². The molecule has 2 aromatic carbocycles. The Morgan fingerprint density at radius 1 is 0.893 bits per heavy atom. The molecule has 0 atom stereocenters. The highest BCUT2D eigenvalue weighted by Crippen LogP contribution is 2.24. The van der Waals surface area contributed by atoms with Crippen LogP contribution < -0.4 is 20.3 Å². The second-order valence-corrected chi connectivity index (χ2v) is 8.21. The first-order valence-corrected chi connectivity index (χ1v) is 9.64. The first kappa shape index (κ1) is 21.8. The summed E-state index contributed by atoms with van der Waals surface area (Å²) in [7, 11) is 0. The summed E-state index contributed by atoms with van der Waals surface area (Å²) >= 11 is 3.40. The average Bonchev–Trinajstić information content (AvgIpc) is 2.65. The first-order chi connectivity index (χ1) is 13.1. The largest absolute Gasteiger partial charge is 0.484 e. The predicted molar refractivity (Wildman–Crippen MR) is 111 cm³/mol. The molecule has 0 fully saturated rings. The molecule has 0 unspecified atom stereocenters. The Labute approximate surface area is 173 Å². The van der Waals surface area contributed by atoms with Crippen LogP contribution in [0.3, 0.4) is 0 Å². The smallest absolute Gasteiger partial charge is 0.276 e. The van der Waals surface area contributed by atoms with E-state index in [-0.39, 0.29) is 18.6 Å². The van der Waals surface area contributed by atoms with E-state index in [1.165, 1.54) is 5.56 Å². The van der Waals surface area contributed by atoms with Crippen molar-refractivity contribution in [2.24, 2.45) is 0 Å². The van der Waals surface area contributed by atoms with Gasteiger partial charge in [0, 0.05) is 4.47 Å². The molecule has 0 radical (unpaired) electrons. The van der Waals surface area contributed by atoms with E-state index < -0.39 is 11.8 Å². The van der Waals surface area contributed by atoms with E-state index in [1.807, 2.05) is 43.3 Å². The fourth-order valence-electron chi connectivity index (χ4n) is 2.27. The first-order valence-electron chi connectivity index (χ1n) is 8.85. The molecule has 2 N–H and O–H groups in total. The molecule has 0 saturated heterocycles. The molecule has 0 saturated carbocycles. The number of amides is 2. The normalized spacial score (nSPS) is 10.9. The minimum atomic E-state index is -0.469. The number of hydrogen-bond donors (Lipinski definition) is 2. The van der Waals surface area contributed by atoms with Crippen molar-refractivity contribution < 1.29 is 19.1 Å². The molecule has 2 amide bonds. The van der Waals surface area contributed by atoms with Crippen molar-refractivity contribution >= 4 is 27.7 Å². The lowest BCUT2D eigenvalue weighted by Gasteiger charge is -2.19. The standard InChI is InChI=1S/C21H25BrN2O4/c1-14-11-17(9-10-18(14)22)28-13-20(26)24-23-19(25)12-27-16-7-5-15(6-8-16)21(2,3)4/h5-11H,12-13H2,1-4H3,(H,23,25)(H,24,26). The molecular formula is C21H25BrN2O4. The molecule has 0 heterocycles. The van der Waals surface area contributed by atoms with Crippen LogP contribution in [0.25, 0.3) is 0 Å². The molecular weight excluding hydrogens is 424 g/mol. The van der Waals surface area contributed by atoms with Crippen LogP contribution in [0.5, 0.6) is 11.5 Å². The number of benzene rings is 2. The van der Waals surface area contributed by atoms with Crippen LogP contribution in [-0.2, 0) is 15.0 Å². The second-order valence-electron chi connectivity index (χ2n) is 7.36.